The van der Waals surface area contributed by atoms with Gasteiger partial charge >= 0.3 is 6.09 Å². The first-order chi connectivity index (χ1) is 21.7. The van der Waals surface area contributed by atoms with Crippen molar-refractivity contribution in [2.75, 3.05) is 57.2 Å². The van der Waals surface area contributed by atoms with Gasteiger partial charge in [-0.05, 0) is 75.6 Å². The molecule has 45 heavy (non-hydrogen) atoms. The number of carbonyl (C=O) groups excluding carboxylic acids is 2. The van der Waals surface area contributed by atoms with Crippen LogP contribution in [0.15, 0.2) is 64.2 Å². The minimum absolute atomic E-state index is 0.0105. The number of piperazine rings is 1. The highest BCUT2D eigenvalue weighted by atomic mass is 32.2. The van der Waals surface area contributed by atoms with Crippen molar-refractivity contribution in [3.8, 4) is 11.8 Å². The maximum Gasteiger partial charge on any atom is 0.411 e. The van der Waals surface area contributed by atoms with Crippen LogP contribution < -0.4 is 9.04 Å². The van der Waals surface area contributed by atoms with E-state index >= 15 is 0 Å². The number of piperidine rings is 1. The number of anilines is 1. The highest BCUT2D eigenvalue weighted by Gasteiger charge is 2.61. The highest BCUT2D eigenvalue weighted by molar-refractivity contribution is 7.93. The maximum absolute atomic E-state index is 14.8. The Hall–Kier alpha value is -3.96. The summed E-state index contributed by atoms with van der Waals surface area (Å²) in [5.41, 5.74) is -1.79. The van der Waals surface area contributed by atoms with Gasteiger partial charge in [0, 0.05) is 43.2 Å². The summed E-state index contributed by atoms with van der Waals surface area (Å²) in [6.45, 7) is 6.20. The average Bonchev–Trinajstić information content (AvgIpc) is 3.68. The molecule has 1 atom stereocenters. The number of nitrogens with zero attached hydrogens (tertiary/aromatic N) is 5. The molecular weight excluding hydrogens is 615 g/mol. The summed E-state index contributed by atoms with van der Waals surface area (Å²) in [5, 5.41) is 12.9. The fourth-order valence-electron chi connectivity index (χ4n) is 6.45. The van der Waals surface area contributed by atoms with Gasteiger partial charge in [-0.1, -0.05) is 18.2 Å². The zero-order chi connectivity index (χ0) is 31.8. The van der Waals surface area contributed by atoms with Crippen LogP contribution in [0.1, 0.15) is 36.5 Å². The summed E-state index contributed by atoms with van der Waals surface area (Å²) in [6, 6.07) is 14.8. The maximum atomic E-state index is 14.8. The molecule has 1 aromatic heterocycles. The van der Waals surface area contributed by atoms with E-state index < -0.39 is 27.6 Å². The van der Waals surface area contributed by atoms with E-state index in [-0.39, 0.29) is 39.6 Å². The number of likely N-dealkylation sites (tertiary alicyclic amines) is 1. The monoisotopic (exact) mass is 649 g/mol. The normalized spacial score (nSPS) is 21.4. The Balaban J connectivity index is 1.42. The first kappa shape index (κ1) is 31.0. The van der Waals surface area contributed by atoms with Gasteiger partial charge in [0.15, 0.2) is 0 Å². The van der Waals surface area contributed by atoms with Crippen LogP contribution in [0, 0.1) is 11.3 Å². The first-order valence-corrected chi connectivity index (χ1v) is 17.4. The molecule has 0 spiro atoms. The predicted molar refractivity (Wildman–Crippen MR) is 169 cm³/mol. The Kier molecular flexibility index (Phi) is 8.58. The Bertz CT molecular complexity index is 1720. The number of hydrogen-bond acceptors (Lipinski definition) is 10. The smallest absolute Gasteiger partial charge is 0.411 e. The number of thiophene rings is 1. The fraction of sp³-hybridized carbons (Fsp3) is 0.406. The molecule has 3 aliphatic heterocycles. The molecule has 0 N–H and O–H groups in total. The van der Waals surface area contributed by atoms with E-state index in [1.165, 1.54) is 41.0 Å². The van der Waals surface area contributed by atoms with Crippen molar-refractivity contribution in [2.24, 2.45) is 0 Å². The molecule has 0 bridgehead atoms. The zero-order valence-electron chi connectivity index (χ0n) is 25.2. The van der Waals surface area contributed by atoms with Crippen LogP contribution >= 0.6 is 11.3 Å². The van der Waals surface area contributed by atoms with E-state index in [1.54, 1.807) is 41.5 Å². The van der Waals surface area contributed by atoms with Gasteiger partial charge in [0.05, 0.1) is 34.4 Å². The van der Waals surface area contributed by atoms with Crippen molar-refractivity contribution in [1.82, 2.24) is 14.7 Å². The van der Waals surface area contributed by atoms with Crippen molar-refractivity contribution < 1.29 is 27.5 Å². The summed E-state index contributed by atoms with van der Waals surface area (Å²) < 4.78 is 40.9. The highest BCUT2D eigenvalue weighted by Crippen LogP contribution is 2.52. The van der Waals surface area contributed by atoms with Crippen LogP contribution in [0.2, 0.25) is 0 Å². The summed E-state index contributed by atoms with van der Waals surface area (Å²) in [5.74, 6) is -0.722. The number of para-hydroxylation sites is 1. The van der Waals surface area contributed by atoms with E-state index in [4.69, 9.17) is 9.47 Å². The lowest BCUT2D eigenvalue weighted by molar-refractivity contribution is -0.132. The Morgan fingerprint density at radius 3 is 2.44 bits per heavy atom. The summed E-state index contributed by atoms with van der Waals surface area (Å²) in [7, 11) is -2.29. The van der Waals surface area contributed by atoms with Gasteiger partial charge in [-0.25, -0.2) is 13.2 Å². The number of rotatable bonds is 7. The quantitative estimate of drug-likeness (QED) is 0.376. The molecule has 3 aliphatic rings. The van der Waals surface area contributed by atoms with Crippen LogP contribution in [0.25, 0.3) is 0 Å². The molecule has 2 aromatic carbocycles. The largest absolute Gasteiger partial charge is 0.493 e. The van der Waals surface area contributed by atoms with E-state index in [0.29, 0.717) is 36.5 Å². The van der Waals surface area contributed by atoms with Gasteiger partial charge in [-0.3, -0.25) is 9.69 Å². The van der Waals surface area contributed by atoms with Crippen molar-refractivity contribution in [1.29, 1.82) is 5.26 Å². The molecule has 0 saturated carbocycles. The molecule has 1 unspecified atom stereocenters. The molecule has 2 saturated heterocycles. The number of ether oxygens (including phenoxy) is 2. The summed E-state index contributed by atoms with van der Waals surface area (Å²) in [4.78, 5) is 35.1. The number of hydrogen-bond donors (Lipinski definition) is 0. The molecule has 13 heteroatoms. The molecule has 236 valence electrons. The van der Waals surface area contributed by atoms with Crippen molar-refractivity contribution >= 4 is 39.0 Å². The van der Waals surface area contributed by atoms with Crippen LogP contribution in [-0.2, 0) is 25.2 Å². The van der Waals surface area contributed by atoms with Gasteiger partial charge in [0.1, 0.15) is 5.75 Å². The van der Waals surface area contributed by atoms with E-state index in [2.05, 4.69) is 22.9 Å². The van der Waals surface area contributed by atoms with E-state index in [9.17, 15) is 23.3 Å². The number of carbonyl (C=O) groups is 2. The van der Waals surface area contributed by atoms with E-state index in [1.807, 2.05) is 0 Å². The SMILES string of the molecule is CCOc1ccccc1C1(OC(=O)N2CCN(C3CCN(C)CC3)CC2)C(=O)N(S(=O)(=O)c2ccsc2)c2ccc(C#N)cc21. The first-order valence-electron chi connectivity index (χ1n) is 15.0. The van der Waals surface area contributed by atoms with Crippen molar-refractivity contribution in [3.63, 3.8) is 0 Å². The zero-order valence-corrected chi connectivity index (χ0v) is 26.8. The molecule has 2 fully saturated rings. The lowest BCUT2D eigenvalue weighted by Gasteiger charge is -2.42. The minimum Gasteiger partial charge on any atom is -0.493 e. The molecule has 2 amide bonds. The summed E-state index contributed by atoms with van der Waals surface area (Å²) >= 11 is 1.18. The predicted octanol–water partition coefficient (Wildman–Crippen LogP) is 3.85. The second-order valence-corrected chi connectivity index (χ2v) is 14.0. The van der Waals surface area contributed by atoms with Gasteiger partial charge < -0.3 is 19.3 Å². The topological polar surface area (TPSA) is 123 Å². The van der Waals surface area contributed by atoms with Crippen molar-refractivity contribution in [3.05, 3.63) is 76.0 Å². The van der Waals surface area contributed by atoms with Crippen molar-refractivity contribution in [2.45, 2.75) is 36.3 Å². The third-order valence-electron chi connectivity index (χ3n) is 8.83. The summed E-state index contributed by atoms with van der Waals surface area (Å²) in [6.07, 6.45) is 1.39. The van der Waals surface area contributed by atoms with Crippen LogP contribution in [0.5, 0.6) is 5.75 Å². The standard InChI is InChI=1S/C32H35N5O6S2/c1-3-42-29-7-5-4-6-26(29)32(43-31(39)36-17-15-35(16-18-36)24-10-13-34(2)14-11-24)27-20-23(21-33)8-9-28(27)37(30(32)38)45(40,41)25-12-19-44-22-25/h4-9,12,19-20,22,24H,3,10-11,13-18H2,1-2H3. The second-order valence-electron chi connectivity index (χ2n) is 11.4. The molecule has 4 heterocycles. The number of amides is 2. The lowest BCUT2D eigenvalue weighted by atomic mass is 9.85. The number of benzene rings is 2. The number of fused-ring (bicyclic) bond motifs is 1. The van der Waals surface area contributed by atoms with Gasteiger partial charge in [-0.2, -0.15) is 20.9 Å². The Labute approximate surface area is 267 Å². The Morgan fingerprint density at radius 1 is 1.04 bits per heavy atom. The Morgan fingerprint density at radius 2 is 1.78 bits per heavy atom. The molecule has 0 aliphatic carbocycles. The van der Waals surface area contributed by atoms with Gasteiger partial charge in [0.25, 0.3) is 15.9 Å². The molecule has 6 rings (SSSR count). The van der Waals surface area contributed by atoms with Gasteiger partial charge in [0.2, 0.25) is 5.60 Å². The number of sulfonamides is 1. The van der Waals surface area contributed by atoms with Crippen LogP contribution in [0.4, 0.5) is 10.5 Å². The lowest BCUT2D eigenvalue weighted by Crippen LogP contribution is -2.55. The molecular formula is C32H35N5O6S2. The molecule has 11 nitrogen and oxygen atoms in total. The van der Waals surface area contributed by atoms with Gasteiger partial charge in [-0.15, -0.1) is 0 Å². The molecule has 3 aromatic rings. The minimum atomic E-state index is -4.41. The molecule has 0 radical (unpaired) electrons. The second kappa shape index (κ2) is 12.4. The third kappa shape index (κ3) is 5.46. The van der Waals surface area contributed by atoms with Crippen LogP contribution in [-0.4, -0.2) is 94.1 Å². The fourth-order valence-corrected chi connectivity index (χ4v) is 8.92. The third-order valence-corrected chi connectivity index (χ3v) is 11.4. The van der Waals surface area contributed by atoms with E-state index in [0.717, 1.165) is 25.9 Å². The average molecular weight is 650 g/mol. The van der Waals surface area contributed by atoms with Crippen LogP contribution in [0.3, 0.4) is 0 Å². The number of nitriles is 1.